The van der Waals surface area contributed by atoms with E-state index in [4.69, 9.17) is 11.5 Å². The smallest absolute Gasteiger partial charge is 0.305 e. The monoisotopic (exact) mass is 409 g/mol. The van der Waals surface area contributed by atoms with Crippen molar-refractivity contribution in [3.8, 4) is 0 Å². The highest BCUT2D eigenvalue weighted by Crippen LogP contribution is 2.25. The van der Waals surface area contributed by atoms with E-state index in [1.165, 1.54) is 11.0 Å². The Kier molecular flexibility index (Phi) is 6.31. The molecule has 1 heterocycles. The lowest BCUT2D eigenvalue weighted by atomic mass is 9.92. The van der Waals surface area contributed by atoms with Gasteiger partial charge in [-0.1, -0.05) is 30.3 Å². The van der Waals surface area contributed by atoms with Crippen molar-refractivity contribution in [3.63, 3.8) is 0 Å². The molecule has 0 bridgehead atoms. The number of aliphatic carboxylic acids is 1. The van der Waals surface area contributed by atoms with Crippen molar-refractivity contribution in [2.24, 2.45) is 16.5 Å². The SMILES string of the molecule is NC(N)=Nc1cccc(C(=O)NCC(=O)N2Cc3ccccc3CC2CC(=O)O)c1. The van der Waals surface area contributed by atoms with E-state index in [1.807, 2.05) is 24.3 Å². The van der Waals surface area contributed by atoms with E-state index in [9.17, 15) is 19.5 Å². The molecular weight excluding hydrogens is 386 g/mol. The summed E-state index contributed by atoms with van der Waals surface area (Å²) in [6.07, 6.45) is 0.303. The first-order chi connectivity index (χ1) is 14.3. The Labute approximate surface area is 173 Å². The molecule has 0 aliphatic carbocycles. The van der Waals surface area contributed by atoms with E-state index < -0.39 is 17.9 Å². The zero-order valence-corrected chi connectivity index (χ0v) is 16.2. The first-order valence-corrected chi connectivity index (χ1v) is 9.39. The molecule has 9 nitrogen and oxygen atoms in total. The number of nitrogens with zero attached hydrogens (tertiary/aromatic N) is 2. The molecule has 3 rings (SSSR count). The number of rotatable bonds is 6. The Balaban J connectivity index is 1.69. The number of amides is 2. The Bertz CT molecular complexity index is 1000. The second-order valence-electron chi connectivity index (χ2n) is 7.02. The van der Waals surface area contributed by atoms with Gasteiger partial charge in [0.2, 0.25) is 5.91 Å². The second-order valence-corrected chi connectivity index (χ2v) is 7.02. The Morgan fingerprint density at radius 3 is 2.53 bits per heavy atom. The van der Waals surface area contributed by atoms with Gasteiger partial charge in [-0.05, 0) is 35.7 Å². The average molecular weight is 409 g/mol. The van der Waals surface area contributed by atoms with Crippen LogP contribution in [-0.4, -0.2) is 46.3 Å². The van der Waals surface area contributed by atoms with Gasteiger partial charge in [-0.3, -0.25) is 14.4 Å². The summed E-state index contributed by atoms with van der Waals surface area (Å²) in [5, 5.41) is 11.8. The van der Waals surface area contributed by atoms with Crippen LogP contribution in [0.15, 0.2) is 53.5 Å². The molecule has 1 unspecified atom stereocenters. The molecule has 1 atom stereocenters. The topological polar surface area (TPSA) is 151 Å². The number of nitrogens with one attached hydrogen (secondary N) is 1. The van der Waals surface area contributed by atoms with Crippen LogP contribution >= 0.6 is 0 Å². The number of fused-ring (bicyclic) bond motifs is 1. The van der Waals surface area contributed by atoms with Crippen LogP contribution in [0.4, 0.5) is 5.69 Å². The molecule has 0 spiro atoms. The first-order valence-electron chi connectivity index (χ1n) is 9.39. The maximum Gasteiger partial charge on any atom is 0.305 e. The number of carboxylic acids is 1. The van der Waals surface area contributed by atoms with E-state index in [2.05, 4.69) is 10.3 Å². The largest absolute Gasteiger partial charge is 0.481 e. The molecule has 9 heteroatoms. The van der Waals surface area contributed by atoms with E-state index >= 15 is 0 Å². The van der Waals surface area contributed by atoms with Gasteiger partial charge in [0, 0.05) is 18.2 Å². The fourth-order valence-corrected chi connectivity index (χ4v) is 3.49. The molecule has 0 saturated carbocycles. The highest BCUT2D eigenvalue weighted by Gasteiger charge is 2.31. The van der Waals surface area contributed by atoms with Crippen LogP contribution in [0, 0.1) is 0 Å². The lowest BCUT2D eigenvalue weighted by Gasteiger charge is -2.36. The number of hydrogen-bond acceptors (Lipinski definition) is 4. The van der Waals surface area contributed by atoms with Crippen LogP contribution in [0.3, 0.4) is 0 Å². The van der Waals surface area contributed by atoms with Crippen LogP contribution in [0.1, 0.15) is 27.9 Å². The Hall–Kier alpha value is -3.88. The standard InChI is InChI=1S/C21H23N5O4/c22-21(23)25-16-7-3-6-14(8-16)20(30)24-11-18(27)26-12-15-5-2-1-4-13(15)9-17(26)10-19(28)29/h1-8,17H,9-12H2,(H,24,30)(H,28,29)(H4,22,23,25). The molecule has 1 aliphatic heterocycles. The van der Waals surface area contributed by atoms with Crippen molar-refractivity contribution in [3.05, 3.63) is 65.2 Å². The number of nitrogens with two attached hydrogens (primary N) is 2. The lowest BCUT2D eigenvalue weighted by molar-refractivity contribution is -0.141. The first kappa shape index (κ1) is 20.8. The summed E-state index contributed by atoms with van der Waals surface area (Å²) in [5.41, 5.74) is 13.4. The minimum atomic E-state index is -0.974. The zero-order valence-electron chi connectivity index (χ0n) is 16.2. The molecule has 30 heavy (non-hydrogen) atoms. The van der Waals surface area contributed by atoms with Crippen LogP contribution in [0.25, 0.3) is 0 Å². The number of benzene rings is 2. The highest BCUT2D eigenvalue weighted by atomic mass is 16.4. The maximum absolute atomic E-state index is 12.8. The van der Waals surface area contributed by atoms with Gasteiger partial charge < -0.3 is 26.8 Å². The lowest BCUT2D eigenvalue weighted by Crippen LogP contribution is -2.49. The fourth-order valence-electron chi connectivity index (χ4n) is 3.49. The van der Waals surface area contributed by atoms with E-state index in [1.54, 1.807) is 18.2 Å². The minimum Gasteiger partial charge on any atom is -0.481 e. The molecule has 0 aromatic heterocycles. The van der Waals surface area contributed by atoms with Gasteiger partial charge in [-0.2, -0.15) is 0 Å². The molecule has 0 fully saturated rings. The highest BCUT2D eigenvalue weighted by molar-refractivity contribution is 5.97. The van der Waals surface area contributed by atoms with Crippen LogP contribution < -0.4 is 16.8 Å². The summed E-state index contributed by atoms with van der Waals surface area (Å²) >= 11 is 0. The van der Waals surface area contributed by atoms with E-state index in [-0.39, 0.29) is 24.8 Å². The van der Waals surface area contributed by atoms with Crippen molar-refractivity contribution in [1.82, 2.24) is 10.2 Å². The van der Waals surface area contributed by atoms with Crippen LogP contribution in [-0.2, 0) is 22.6 Å². The van der Waals surface area contributed by atoms with Gasteiger partial charge in [-0.15, -0.1) is 0 Å². The summed E-state index contributed by atoms with van der Waals surface area (Å²) in [7, 11) is 0. The summed E-state index contributed by atoms with van der Waals surface area (Å²) in [4.78, 5) is 41.9. The van der Waals surface area contributed by atoms with Crippen molar-refractivity contribution in [2.75, 3.05) is 6.54 Å². The third-order valence-electron chi connectivity index (χ3n) is 4.85. The predicted octanol–water partition coefficient (Wildman–Crippen LogP) is 0.750. The third kappa shape index (κ3) is 5.13. The zero-order chi connectivity index (χ0) is 21.7. The predicted molar refractivity (Wildman–Crippen MR) is 111 cm³/mol. The molecule has 0 saturated heterocycles. The number of hydrogen-bond donors (Lipinski definition) is 4. The average Bonchev–Trinajstić information content (AvgIpc) is 2.70. The maximum atomic E-state index is 12.8. The van der Waals surface area contributed by atoms with Crippen LogP contribution in [0.5, 0.6) is 0 Å². The van der Waals surface area contributed by atoms with Crippen molar-refractivity contribution >= 4 is 29.4 Å². The molecule has 2 amide bonds. The number of carboxylic acid groups (broad SMARTS) is 1. The van der Waals surface area contributed by atoms with Crippen molar-refractivity contribution in [1.29, 1.82) is 0 Å². The van der Waals surface area contributed by atoms with Gasteiger partial charge in [-0.25, -0.2) is 4.99 Å². The van der Waals surface area contributed by atoms with Gasteiger partial charge in [0.15, 0.2) is 5.96 Å². The summed E-state index contributed by atoms with van der Waals surface area (Å²) < 4.78 is 0. The van der Waals surface area contributed by atoms with E-state index in [0.29, 0.717) is 24.2 Å². The number of guanidine groups is 1. The molecular formula is C21H23N5O4. The molecule has 1 aliphatic rings. The third-order valence-corrected chi connectivity index (χ3v) is 4.85. The second kappa shape index (κ2) is 9.08. The quantitative estimate of drug-likeness (QED) is 0.408. The van der Waals surface area contributed by atoms with Gasteiger partial charge in [0.05, 0.1) is 18.7 Å². The molecule has 6 N–H and O–H groups in total. The molecule has 2 aromatic rings. The van der Waals surface area contributed by atoms with Gasteiger partial charge >= 0.3 is 5.97 Å². The van der Waals surface area contributed by atoms with E-state index in [0.717, 1.165) is 11.1 Å². The van der Waals surface area contributed by atoms with Gasteiger partial charge in [0.25, 0.3) is 5.91 Å². The Morgan fingerprint density at radius 2 is 1.83 bits per heavy atom. The van der Waals surface area contributed by atoms with Crippen LogP contribution in [0.2, 0.25) is 0 Å². The number of aliphatic imine (C=N–C) groups is 1. The summed E-state index contributed by atoms with van der Waals surface area (Å²) in [5.74, 6) is -1.90. The fraction of sp³-hybridized carbons (Fsp3) is 0.238. The number of carbonyl (C=O) groups is 3. The molecule has 0 radical (unpaired) electrons. The minimum absolute atomic E-state index is 0.127. The molecule has 156 valence electrons. The van der Waals surface area contributed by atoms with Crippen molar-refractivity contribution < 1.29 is 19.5 Å². The normalized spacial score (nSPS) is 15.1. The summed E-state index contributed by atoms with van der Waals surface area (Å²) in [6, 6.07) is 13.5. The summed E-state index contributed by atoms with van der Waals surface area (Å²) in [6.45, 7) is 0.0619. The Morgan fingerprint density at radius 1 is 1.10 bits per heavy atom. The van der Waals surface area contributed by atoms with Gasteiger partial charge in [0.1, 0.15) is 0 Å². The van der Waals surface area contributed by atoms with Crippen molar-refractivity contribution in [2.45, 2.75) is 25.4 Å². The molecule has 2 aromatic carbocycles. The number of carbonyl (C=O) groups excluding carboxylic acids is 2.